The summed E-state index contributed by atoms with van der Waals surface area (Å²) in [6.07, 6.45) is 5.56. The maximum Gasteiger partial charge on any atom is 0.247 e. The van der Waals surface area contributed by atoms with Crippen molar-refractivity contribution >= 4 is 12.0 Å². The third-order valence-electron chi connectivity index (χ3n) is 5.25. The van der Waals surface area contributed by atoms with Gasteiger partial charge in [-0.1, -0.05) is 36.4 Å². The molecule has 0 N–H and O–H groups in total. The van der Waals surface area contributed by atoms with Gasteiger partial charge in [0.25, 0.3) is 0 Å². The molecular formula is C23H20N2O3. The molecule has 0 saturated carbocycles. The van der Waals surface area contributed by atoms with Gasteiger partial charge in [0.1, 0.15) is 0 Å². The van der Waals surface area contributed by atoms with Crippen molar-refractivity contribution in [2.45, 2.75) is 12.6 Å². The van der Waals surface area contributed by atoms with Crippen LogP contribution in [0.3, 0.4) is 0 Å². The highest BCUT2D eigenvalue weighted by Gasteiger charge is 2.30. The lowest BCUT2D eigenvalue weighted by molar-refractivity contribution is -0.128. The van der Waals surface area contributed by atoms with E-state index in [1.807, 2.05) is 53.4 Å². The second-order valence-corrected chi connectivity index (χ2v) is 6.92. The monoisotopic (exact) mass is 372 g/mol. The summed E-state index contributed by atoms with van der Waals surface area (Å²) in [5, 5.41) is 0. The van der Waals surface area contributed by atoms with Crippen molar-refractivity contribution in [3.05, 3.63) is 89.8 Å². The van der Waals surface area contributed by atoms with Gasteiger partial charge in [-0.05, 0) is 41.5 Å². The fraction of sp³-hybridized carbons (Fsp3) is 0.174. The lowest BCUT2D eigenvalue weighted by atomic mass is 10.00. The van der Waals surface area contributed by atoms with E-state index in [2.05, 4.69) is 29.0 Å². The van der Waals surface area contributed by atoms with Crippen molar-refractivity contribution in [1.82, 2.24) is 9.47 Å². The fourth-order valence-electron chi connectivity index (χ4n) is 3.89. The Balaban J connectivity index is 1.43. The molecule has 1 amide bonds. The van der Waals surface area contributed by atoms with Crippen LogP contribution in [0.2, 0.25) is 0 Å². The van der Waals surface area contributed by atoms with Crippen LogP contribution in [0.25, 0.3) is 6.08 Å². The molecule has 3 aromatic rings. The summed E-state index contributed by atoms with van der Waals surface area (Å²) in [4.78, 5) is 15.0. The summed E-state index contributed by atoms with van der Waals surface area (Å²) >= 11 is 0. The molecule has 28 heavy (non-hydrogen) atoms. The van der Waals surface area contributed by atoms with Crippen LogP contribution in [-0.2, 0) is 11.3 Å². The van der Waals surface area contributed by atoms with Crippen molar-refractivity contribution in [2.24, 2.45) is 0 Å². The molecule has 2 aromatic carbocycles. The fourth-order valence-corrected chi connectivity index (χ4v) is 3.89. The number of fused-ring (bicyclic) bond motifs is 2. The van der Waals surface area contributed by atoms with Crippen LogP contribution in [0, 0.1) is 0 Å². The molecule has 5 rings (SSSR count). The van der Waals surface area contributed by atoms with E-state index < -0.39 is 0 Å². The first-order valence-electron chi connectivity index (χ1n) is 9.38. The van der Waals surface area contributed by atoms with E-state index >= 15 is 0 Å². The maximum absolute atomic E-state index is 13.1. The minimum Gasteiger partial charge on any atom is -0.454 e. The Labute approximate surface area is 163 Å². The molecule has 0 fully saturated rings. The Bertz CT molecular complexity index is 1040. The minimum atomic E-state index is -0.0844. The zero-order chi connectivity index (χ0) is 18.9. The number of carbonyl (C=O) groups is 1. The normalized spacial score (nSPS) is 17.7. The SMILES string of the molecule is O=C(/C=C\c1ccc2c(c1)OCO2)N1CCn2cccc2[C@@H]1c1ccccc1. The first kappa shape index (κ1) is 16.7. The van der Waals surface area contributed by atoms with Gasteiger partial charge < -0.3 is 18.9 Å². The number of carbonyl (C=O) groups excluding carboxylic acids is 1. The average molecular weight is 372 g/mol. The highest BCUT2D eigenvalue weighted by Crippen LogP contribution is 2.34. The standard InChI is InChI=1S/C23H20N2O3/c26-22(11-9-17-8-10-20-21(15-17)28-16-27-20)25-14-13-24-12-4-7-19(24)23(25)18-5-2-1-3-6-18/h1-12,15,23H,13-14,16H2/b11-9-/t23-/m0/s1. The van der Waals surface area contributed by atoms with Gasteiger partial charge in [0.2, 0.25) is 12.7 Å². The van der Waals surface area contributed by atoms with Crippen molar-refractivity contribution in [3.8, 4) is 11.5 Å². The molecule has 5 heteroatoms. The molecular weight excluding hydrogens is 352 g/mol. The van der Waals surface area contributed by atoms with Crippen LogP contribution in [-0.4, -0.2) is 28.7 Å². The van der Waals surface area contributed by atoms with E-state index in [-0.39, 0.29) is 18.7 Å². The van der Waals surface area contributed by atoms with Crippen molar-refractivity contribution in [2.75, 3.05) is 13.3 Å². The molecule has 0 spiro atoms. The van der Waals surface area contributed by atoms with Crippen molar-refractivity contribution in [3.63, 3.8) is 0 Å². The summed E-state index contributed by atoms with van der Waals surface area (Å²) in [7, 11) is 0. The maximum atomic E-state index is 13.1. The summed E-state index contributed by atoms with van der Waals surface area (Å²) in [6.45, 7) is 1.72. The number of rotatable bonds is 3. The average Bonchev–Trinajstić information content (AvgIpc) is 3.40. The van der Waals surface area contributed by atoms with E-state index in [1.54, 1.807) is 6.08 Å². The third-order valence-corrected chi connectivity index (χ3v) is 5.25. The van der Waals surface area contributed by atoms with Gasteiger partial charge in [0.15, 0.2) is 11.5 Å². The predicted molar refractivity (Wildman–Crippen MR) is 106 cm³/mol. The Morgan fingerprint density at radius 1 is 0.964 bits per heavy atom. The highest BCUT2D eigenvalue weighted by molar-refractivity contribution is 5.92. The third kappa shape index (κ3) is 2.95. The molecule has 0 bridgehead atoms. The van der Waals surface area contributed by atoms with Gasteiger partial charge in [-0.15, -0.1) is 0 Å². The van der Waals surface area contributed by atoms with Crippen molar-refractivity contribution in [1.29, 1.82) is 0 Å². The second kappa shape index (κ2) is 6.93. The lowest BCUT2D eigenvalue weighted by Crippen LogP contribution is -2.41. The van der Waals surface area contributed by atoms with E-state index in [0.29, 0.717) is 12.3 Å². The summed E-state index contributed by atoms with van der Waals surface area (Å²) in [6, 6.07) is 19.9. The Hall–Kier alpha value is -3.47. The number of hydrogen-bond donors (Lipinski definition) is 0. The summed E-state index contributed by atoms with van der Waals surface area (Å²) < 4.78 is 13.0. The Morgan fingerprint density at radius 3 is 2.71 bits per heavy atom. The number of amides is 1. The van der Waals surface area contributed by atoms with Gasteiger partial charge in [-0.3, -0.25) is 4.79 Å². The molecule has 1 atom stereocenters. The van der Waals surface area contributed by atoms with Crippen LogP contribution in [0.5, 0.6) is 11.5 Å². The predicted octanol–water partition coefficient (Wildman–Crippen LogP) is 3.86. The Kier molecular flexibility index (Phi) is 4.13. The Morgan fingerprint density at radius 2 is 1.82 bits per heavy atom. The zero-order valence-electron chi connectivity index (χ0n) is 15.3. The number of ether oxygens (including phenoxy) is 2. The number of hydrogen-bond acceptors (Lipinski definition) is 3. The topological polar surface area (TPSA) is 43.7 Å². The largest absolute Gasteiger partial charge is 0.454 e. The molecule has 2 aliphatic rings. The molecule has 2 aliphatic heterocycles. The zero-order valence-corrected chi connectivity index (χ0v) is 15.3. The van der Waals surface area contributed by atoms with E-state index in [4.69, 9.17) is 9.47 Å². The molecule has 0 radical (unpaired) electrons. The smallest absolute Gasteiger partial charge is 0.247 e. The molecule has 0 unspecified atom stereocenters. The van der Waals surface area contributed by atoms with E-state index in [0.717, 1.165) is 29.1 Å². The van der Waals surface area contributed by atoms with Gasteiger partial charge in [-0.25, -0.2) is 0 Å². The van der Waals surface area contributed by atoms with Crippen LogP contribution < -0.4 is 9.47 Å². The van der Waals surface area contributed by atoms with Crippen LogP contribution in [0.1, 0.15) is 22.9 Å². The van der Waals surface area contributed by atoms with E-state index in [1.165, 1.54) is 0 Å². The van der Waals surface area contributed by atoms with Gasteiger partial charge in [-0.2, -0.15) is 0 Å². The van der Waals surface area contributed by atoms with Crippen LogP contribution in [0.15, 0.2) is 72.9 Å². The number of nitrogens with zero attached hydrogens (tertiary/aromatic N) is 2. The van der Waals surface area contributed by atoms with Crippen LogP contribution >= 0.6 is 0 Å². The highest BCUT2D eigenvalue weighted by atomic mass is 16.7. The molecule has 5 nitrogen and oxygen atoms in total. The lowest BCUT2D eigenvalue weighted by Gasteiger charge is -2.36. The molecule has 140 valence electrons. The van der Waals surface area contributed by atoms with Gasteiger partial charge >= 0.3 is 0 Å². The van der Waals surface area contributed by atoms with E-state index in [9.17, 15) is 4.79 Å². The van der Waals surface area contributed by atoms with Crippen molar-refractivity contribution < 1.29 is 14.3 Å². The van der Waals surface area contributed by atoms with Crippen LogP contribution in [0.4, 0.5) is 0 Å². The first-order chi connectivity index (χ1) is 13.8. The second-order valence-electron chi connectivity index (χ2n) is 6.92. The van der Waals surface area contributed by atoms with Gasteiger partial charge in [0, 0.05) is 31.1 Å². The first-order valence-corrected chi connectivity index (χ1v) is 9.38. The molecule has 3 heterocycles. The quantitative estimate of drug-likeness (QED) is 0.656. The number of aromatic nitrogens is 1. The molecule has 1 aromatic heterocycles. The minimum absolute atomic E-state index is 0.000954. The van der Waals surface area contributed by atoms with Gasteiger partial charge in [0.05, 0.1) is 6.04 Å². The molecule has 0 aliphatic carbocycles. The molecule has 0 saturated heterocycles. The number of benzene rings is 2. The summed E-state index contributed by atoms with van der Waals surface area (Å²) in [5.41, 5.74) is 3.17. The summed E-state index contributed by atoms with van der Waals surface area (Å²) in [5.74, 6) is 1.45.